The van der Waals surface area contributed by atoms with Gasteiger partial charge in [0.05, 0.1) is 16.2 Å². The highest BCUT2D eigenvalue weighted by molar-refractivity contribution is 6.34. The molecule has 1 aliphatic carbocycles. The van der Waals surface area contributed by atoms with Crippen LogP contribution in [0.1, 0.15) is 100 Å². The molecule has 2 rings (SSSR count). The van der Waals surface area contributed by atoms with E-state index in [-0.39, 0.29) is 18.9 Å². The van der Waals surface area contributed by atoms with E-state index in [1.165, 1.54) is 32.6 Å². The maximum absolute atomic E-state index is 14.4. The second-order valence-corrected chi connectivity index (χ2v) is 10.6. The van der Waals surface area contributed by atoms with Crippen molar-refractivity contribution in [2.45, 2.75) is 96.8 Å². The summed E-state index contributed by atoms with van der Waals surface area (Å²) >= 11 is 6.43. The van der Waals surface area contributed by atoms with E-state index in [9.17, 15) is 14.3 Å². The predicted octanol–water partition coefficient (Wildman–Crippen LogP) is 7.59. The van der Waals surface area contributed by atoms with Crippen molar-refractivity contribution in [3.05, 3.63) is 52.1 Å². The molecular weight excluding hydrogens is 437 g/mol. The van der Waals surface area contributed by atoms with Crippen LogP contribution in [-0.4, -0.2) is 28.8 Å². The monoisotopic (exact) mass is 477 g/mol. The van der Waals surface area contributed by atoms with Crippen molar-refractivity contribution in [1.29, 1.82) is 0 Å². The molecule has 1 amide bonds. The van der Waals surface area contributed by atoms with Crippen molar-refractivity contribution >= 4 is 23.6 Å². The van der Waals surface area contributed by atoms with Crippen LogP contribution in [0.3, 0.4) is 0 Å². The highest BCUT2D eigenvalue weighted by Crippen LogP contribution is 2.37. The van der Waals surface area contributed by atoms with Crippen molar-refractivity contribution in [1.82, 2.24) is 5.32 Å². The number of hydrogen-bond donors (Lipinski definition) is 2. The fourth-order valence-electron chi connectivity index (χ4n) is 4.69. The number of alkyl halides is 1. The van der Waals surface area contributed by atoms with Crippen LogP contribution in [0.5, 0.6) is 0 Å². The molecule has 0 spiro atoms. The normalized spacial score (nSPS) is 24.1. The zero-order chi connectivity index (χ0) is 24.6. The van der Waals surface area contributed by atoms with Crippen molar-refractivity contribution < 1.29 is 14.3 Å². The number of allylic oxidation sites excluding steroid dienone is 2. The minimum absolute atomic E-state index is 0.000269. The number of nitrogens with one attached hydrogen (secondary N) is 1. The van der Waals surface area contributed by atoms with Crippen LogP contribution in [0.2, 0.25) is 5.02 Å². The van der Waals surface area contributed by atoms with Crippen LogP contribution in [0, 0.1) is 12.8 Å². The summed E-state index contributed by atoms with van der Waals surface area (Å²) < 4.78 is 14.4. The van der Waals surface area contributed by atoms with E-state index in [0.29, 0.717) is 35.8 Å². The molecule has 3 unspecified atom stereocenters. The lowest BCUT2D eigenvalue weighted by Crippen LogP contribution is -2.49. The molecule has 5 heteroatoms. The quantitative estimate of drug-likeness (QED) is 0.255. The number of halogens is 2. The van der Waals surface area contributed by atoms with Gasteiger partial charge in [-0.25, -0.2) is 4.39 Å². The van der Waals surface area contributed by atoms with Crippen LogP contribution in [0.25, 0.3) is 6.08 Å². The number of unbranched alkanes of at least 4 members (excludes halogenated alkanes) is 3. The van der Waals surface area contributed by atoms with Crippen LogP contribution >= 0.6 is 11.6 Å². The number of amides is 1. The van der Waals surface area contributed by atoms with Gasteiger partial charge in [-0.2, -0.15) is 0 Å². The average Bonchev–Trinajstić information content (AvgIpc) is 2.74. The van der Waals surface area contributed by atoms with Crippen LogP contribution in [0.4, 0.5) is 4.39 Å². The zero-order valence-electron chi connectivity index (χ0n) is 20.8. The van der Waals surface area contributed by atoms with Gasteiger partial charge in [0.1, 0.15) is 5.67 Å². The molecule has 3 nitrogen and oxygen atoms in total. The highest BCUT2D eigenvalue weighted by Gasteiger charge is 2.41. The first-order chi connectivity index (χ1) is 15.5. The second-order valence-electron chi connectivity index (χ2n) is 10.2. The van der Waals surface area contributed by atoms with Gasteiger partial charge in [-0.3, -0.25) is 4.79 Å². The Labute approximate surface area is 204 Å². The van der Waals surface area contributed by atoms with E-state index in [0.717, 1.165) is 23.1 Å². The zero-order valence-corrected chi connectivity index (χ0v) is 21.5. The molecule has 33 heavy (non-hydrogen) atoms. The Bertz CT molecular complexity index is 864. The summed E-state index contributed by atoms with van der Waals surface area (Å²) in [4.78, 5) is 13.1. The maximum atomic E-state index is 14.4. The third-order valence-corrected chi connectivity index (χ3v) is 7.16. The fraction of sp³-hybridized carbons (Fsp3) is 0.607. The Hall–Kier alpha value is -1.65. The molecule has 1 aromatic carbocycles. The number of benzene rings is 1. The summed E-state index contributed by atoms with van der Waals surface area (Å²) in [6, 6.07) is 3.60. The predicted molar refractivity (Wildman–Crippen MR) is 138 cm³/mol. The topological polar surface area (TPSA) is 49.3 Å². The maximum Gasteiger partial charge on any atom is 0.253 e. The minimum atomic E-state index is -1.42. The first-order valence-corrected chi connectivity index (χ1v) is 12.7. The van der Waals surface area contributed by atoms with Crippen LogP contribution < -0.4 is 5.32 Å². The molecule has 1 saturated carbocycles. The van der Waals surface area contributed by atoms with E-state index in [1.807, 2.05) is 25.1 Å². The van der Waals surface area contributed by atoms with Crippen molar-refractivity contribution in [3.63, 3.8) is 0 Å². The molecular formula is C28H41ClFNO2. The number of hydrogen-bond acceptors (Lipinski definition) is 2. The van der Waals surface area contributed by atoms with Gasteiger partial charge in [-0.15, -0.1) is 0 Å². The minimum Gasteiger partial charge on any atom is -0.388 e. The number of aryl methyl sites for hydroxylation is 1. The van der Waals surface area contributed by atoms with Crippen LogP contribution in [0.15, 0.2) is 30.4 Å². The molecule has 0 aliphatic heterocycles. The third kappa shape index (κ3) is 8.26. The van der Waals surface area contributed by atoms with Gasteiger partial charge in [0.25, 0.3) is 5.91 Å². The molecule has 3 atom stereocenters. The fourth-order valence-corrected chi connectivity index (χ4v) is 4.94. The largest absolute Gasteiger partial charge is 0.388 e. The second kappa shape index (κ2) is 12.2. The Kier molecular flexibility index (Phi) is 10.2. The molecule has 1 aromatic rings. The summed E-state index contributed by atoms with van der Waals surface area (Å²) in [5.74, 6) is 0.00608. The Morgan fingerprint density at radius 3 is 2.73 bits per heavy atom. The van der Waals surface area contributed by atoms with Gasteiger partial charge in [-0.05, 0) is 62.6 Å². The molecule has 0 heterocycles. The summed E-state index contributed by atoms with van der Waals surface area (Å²) in [7, 11) is 0. The smallest absolute Gasteiger partial charge is 0.253 e. The van der Waals surface area contributed by atoms with E-state index in [2.05, 4.69) is 25.7 Å². The molecule has 2 N–H and O–H groups in total. The summed E-state index contributed by atoms with van der Waals surface area (Å²) in [5, 5.41) is 14.0. The number of rotatable bonds is 11. The highest BCUT2D eigenvalue weighted by atomic mass is 35.5. The lowest BCUT2D eigenvalue weighted by Gasteiger charge is -2.39. The lowest BCUT2D eigenvalue weighted by atomic mass is 9.77. The number of carbonyl (C=O) groups is 1. The Balaban J connectivity index is 2.12. The molecule has 1 aliphatic rings. The Morgan fingerprint density at radius 2 is 2.06 bits per heavy atom. The SMILES string of the molecule is C=C(/C=C\c1c(C)ccc(Cl)c1C(=O)NCC1(O)CCCC(C)(F)C1)C(C)CCCCCC. The van der Waals surface area contributed by atoms with Gasteiger partial charge in [0.15, 0.2) is 0 Å². The Morgan fingerprint density at radius 1 is 1.33 bits per heavy atom. The standard InChI is InChI=1S/C28H41ClFNO2/c1-6-7-8-9-11-20(2)21(3)12-14-23-22(4)13-15-24(29)25(23)26(32)31-19-28(33)17-10-16-27(5,30)18-28/h12-15,20,33H,3,6-11,16-19H2,1-2,4-5H3,(H,31,32)/b14-12-. The third-order valence-electron chi connectivity index (χ3n) is 6.84. The number of aliphatic hydroxyl groups is 1. The van der Waals surface area contributed by atoms with Gasteiger partial charge >= 0.3 is 0 Å². The molecule has 184 valence electrons. The number of carbonyl (C=O) groups excluding carboxylic acids is 1. The summed E-state index contributed by atoms with van der Waals surface area (Å²) in [6.45, 7) is 12.1. The summed E-state index contributed by atoms with van der Waals surface area (Å²) in [5.41, 5.74) is 0.405. The molecule has 0 radical (unpaired) electrons. The van der Waals surface area contributed by atoms with Gasteiger partial charge in [0.2, 0.25) is 0 Å². The lowest BCUT2D eigenvalue weighted by molar-refractivity contribution is -0.0533. The first kappa shape index (κ1) is 27.6. The summed E-state index contributed by atoms with van der Waals surface area (Å²) in [6.07, 6.45) is 11.4. The molecule has 1 fully saturated rings. The van der Waals surface area contributed by atoms with Crippen LogP contribution in [-0.2, 0) is 0 Å². The van der Waals surface area contributed by atoms with E-state index >= 15 is 0 Å². The van der Waals surface area contributed by atoms with E-state index in [4.69, 9.17) is 11.6 Å². The van der Waals surface area contributed by atoms with Gasteiger partial charge in [-0.1, -0.05) is 81.5 Å². The van der Waals surface area contributed by atoms with E-state index in [1.54, 1.807) is 6.07 Å². The first-order valence-electron chi connectivity index (χ1n) is 12.3. The molecule has 0 bridgehead atoms. The molecule has 0 aromatic heterocycles. The van der Waals surface area contributed by atoms with Gasteiger partial charge < -0.3 is 10.4 Å². The van der Waals surface area contributed by atoms with Crippen molar-refractivity contribution in [2.75, 3.05) is 6.54 Å². The average molecular weight is 478 g/mol. The van der Waals surface area contributed by atoms with Crippen molar-refractivity contribution in [2.24, 2.45) is 5.92 Å². The van der Waals surface area contributed by atoms with E-state index < -0.39 is 11.3 Å². The van der Waals surface area contributed by atoms with Gasteiger partial charge in [0, 0.05) is 13.0 Å². The molecule has 0 saturated heterocycles. The van der Waals surface area contributed by atoms with Crippen molar-refractivity contribution in [3.8, 4) is 0 Å².